The van der Waals surface area contributed by atoms with Crippen LogP contribution >= 0.6 is 23.2 Å². The number of benzene rings is 2. The molecule has 2 saturated heterocycles. The molecule has 0 aromatic heterocycles. The molecule has 11 heteroatoms. The van der Waals surface area contributed by atoms with Gasteiger partial charge in [0.2, 0.25) is 10.0 Å². The lowest BCUT2D eigenvalue weighted by atomic mass is 9.92. The Morgan fingerprint density at radius 1 is 0.972 bits per heavy atom. The Morgan fingerprint density at radius 3 is 2.36 bits per heavy atom. The van der Waals surface area contributed by atoms with Gasteiger partial charge in [-0.05, 0) is 42.7 Å². The Morgan fingerprint density at radius 2 is 1.67 bits per heavy atom. The predicted molar refractivity (Wildman–Crippen MR) is 138 cm³/mol. The number of amides is 1. The van der Waals surface area contributed by atoms with Crippen LogP contribution in [0.15, 0.2) is 65.2 Å². The number of hydroxylamine groups is 1. The lowest BCUT2D eigenvalue weighted by Crippen LogP contribution is -2.49. The molecule has 0 bridgehead atoms. The number of rotatable bonds is 5. The van der Waals surface area contributed by atoms with Crippen molar-refractivity contribution in [1.82, 2.24) is 19.6 Å². The Kier molecular flexibility index (Phi) is 7.31. The number of hydrogen-bond acceptors (Lipinski definition) is 6. The third-order valence-electron chi connectivity index (χ3n) is 6.99. The summed E-state index contributed by atoms with van der Waals surface area (Å²) in [5, 5.41) is 0.442. The summed E-state index contributed by atoms with van der Waals surface area (Å²) in [4.78, 5) is 23.2. The van der Waals surface area contributed by atoms with Crippen LogP contribution in [0.2, 0.25) is 10.0 Å². The molecule has 3 heterocycles. The van der Waals surface area contributed by atoms with Gasteiger partial charge in [-0.3, -0.25) is 20.0 Å². The molecule has 5 rings (SSSR count). The van der Waals surface area contributed by atoms with E-state index in [1.807, 2.05) is 29.2 Å². The van der Waals surface area contributed by atoms with Crippen LogP contribution in [0.5, 0.6) is 0 Å². The molecule has 192 valence electrons. The molecule has 1 N–H and O–H groups in total. The minimum Gasteiger partial charge on any atom is -0.335 e. The van der Waals surface area contributed by atoms with Gasteiger partial charge in [-0.2, -0.15) is 4.31 Å². The van der Waals surface area contributed by atoms with E-state index in [4.69, 9.17) is 28.0 Å². The number of carbonyl (C=O) groups excluding carboxylic acids is 1. The zero-order valence-corrected chi connectivity index (χ0v) is 22.0. The van der Waals surface area contributed by atoms with E-state index in [0.717, 1.165) is 19.6 Å². The van der Waals surface area contributed by atoms with Gasteiger partial charge in [0.1, 0.15) is 16.2 Å². The normalized spacial score (nSPS) is 20.8. The molecule has 2 fully saturated rings. The van der Waals surface area contributed by atoms with Crippen LogP contribution in [-0.4, -0.2) is 73.3 Å². The zero-order chi connectivity index (χ0) is 25.3. The van der Waals surface area contributed by atoms with Crippen molar-refractivity contribution in [3.63, 3.8) is 0 Å². The summed E-state index contributed by atoms with van der Waals surface area (Å²) in [5.74, 6) is -0.0907. The second kappa shape index (κ2) is 10.3. The van der Waals surface area contributed by atoms with Crippen LogP contribution in [0.3, 0.4) is 0 Å². The minimum atomic E-state index is -3.80. The van der Waals surface area contributed by atoms with E-state index in [0.29, 0.717) is 36.7 Å². The highest BCUT2D eigenvalue weighted by Crippen LogP contribution is 2.36. The molecule has 0 saturated carbocycles. The molecule has 2 aromatic rings. The highest BCUT2D eigenvalue weighted by molar-refractivity contribution is 7.89. The molecule has 1 amide bonds. The molecule has 36 heavy (non-hydrogen) atoms. The van der Waals surface area contributed by atoms with Crippen molar-refractivity contribution >= 4 is 39.1 Å². The van der Waals surface area contributed by atoms with Gasteiger partial charge in [-0.1, -0.05) is 53.5 Å². The van der Waals surface area contributed by atoms with Gasteiger partial charge in [-0.25, -0.2) is 8.42 Å². The van der Waals surface area contributed by atoms with Crippen molar-refractivity contribution in [3.8, 4) is 0 Å². The van der Waals surface area contributed by atoms with Crippen molar-refractivity contribution in [2.24, 2.45) is 0 Å². The number of carbonyl (C=O) groups is 1. The zero-order valence-electron chi connectivity index (χ0n) is 19.7. The molecule has 3 aliphatic rings. The van der Waals surface area contributed by atoms with Crippen LogP contribution in [0.25, 0.3) is 0 Å². The third kappa shape index (κ3) is 5.27. The number of piperidine rings is 1. The Balaban J connectivity index is 1.18. The van der Waals surface area contributed by atoms with Crippen LogP contribution < -0.4 is 5.48 Å². The molecule has 1 spiro atoms. The smallest absolute Gasteiger partial charge is 0.272 e. The van der Waals surface area contributed by atoms with Crippen LogP contribution in [0.4, 0.5) is 0 Å². The molecular formula is C25H28Cl2N4O4S. The highest BCUT2D eigenvalue weighted by Gasteiger charge is 2.43. The number of halogens is 2. The second-order valence-corrected chi connectivity index (χ2v) is 12.1. The summed E-state index contributed by atoms with van der Waals surface area (Å²) < 4.78 is 27.6. The lowest BCUT2D eigenvalue weighted by molar-refractivity contribution is -0.131. The Bertz CT molecular complexity index is 1260. The van der Waals surface area contributed by atoms with Crippen molar-refractivity contribution in [3.05, 3.63) is 75.9 Å². The second-order valence-electron chi connectivity index (χ2n) is 9.36. The number of nitrogens with zero attached hydrogens (tertiary/aromatic N) is 3. The van der Waals surface area contributed by atoms with Gasteiger partial charge in [0.25, 0.3) is 5.91 Å². The molecular weight excluding hydrogens is 523 g/mol. The predicted octanol–water partition coefficient (Wildman–Crippen LogP) is 3.28. The monoisotopic (exact) mass is 550 g/mol. The summed E-state index contributed by atoms with van der Waals surface area (Å²) in [5.41, 5.74) is 3.78. The fourth-order valence-electron chi connectivity index (χ4n) is 4.87. The molecule has 0 unspecified atom stereocenters. The van der Waals surface area contributed by atoms with Crippen LogP contribution in [-0.2, 0) is 26.2 Å². The van der Waals surface area contributed by atoms with Crippen LogP contribution in [0.1, 0.15) is 18.4 Å². The maximum atomic E-state index is 13.1. The van der Waals surface area contributed by atoms with E-state index in [1.165, 1.54) is 22.0 Å². The summed E-state index contributed by atoms with van der Waals surface area (Å²) in [6, 6.07) is 14.7. The summed E-state index contributed by atoms with van der Waals surface area (Å²) >= 11 is 12.1. The maximum absolute atomic E-state index is 13.1. The largest absolute Gasteiger partial charge is 0.335 e. The van der Waals surface area contributed by atoms with Gasteiger partial charge in [0.05, 0.1) is 5.02 Å². The fourth-order valence-corrected chi connectivity index (χ4v) is 7.05. The Labute approximate surface area is 221 Å². The minimum absolute atomic E-state index is 0.00380. The van der Waals surface area contributed by atoms with E-state index in [9.17, 15) is 13.2 Å². The SMILES string of the molecule is O=C(C1=CC2(CCN(S(=O)(=O)c3cc(Cl)ccc3Cl)CC2)ON1)N1CCN(Cc2ccccc2)CC1. The van der Waals surface area contributed by atoms with Crippen molar-refractivity contribution in [2.75, 3.05) is 39.3 Å². The van der Waals surface area contributed by atoms with Gasteiger partial charge in [-0.15, -0.1) is 0 Å². The number of sulfonamides is 1. The number of piperazine rings is 1. The topological polar surface area (TPSA) is 82.2 Å². The van der Waals surface area contributed by atoms with Crippen molar-refractivity contribution in [2.45, 2.75) is 29.9 Å². The summed E-state index contributed by atoms with van der Waals surface area (Å²) in [6.07, 6.45) is 2.65. The third-order valence-corrected chi connectivity index (χ3v) is 9.61. The molecule has 0 radical (unpaired) electrons. The standard InChI is InChI=1S/C25H28Cl2N4O4S/c26-20-6-7-21(27)23(16-20)36(33,34)31-10-8-25(9-11-31)17-22(28-35-25)24(32)30-14-12-29(13-15-30)18-19-4-2-1-3-5-19/h1-7,16-17,28H,8-15,18H2. The molecule has 8 nitrogen and oxygen atoms in total. The molecule has 0 aliphatic carbocycles. The summed E-state index contributed by atoms with van der Waals surface area (Å²) in [6.45, 7) is 4.24. The van der Waals surface area contributed by atoms with Crippen LogP contribution in [0, 0.1) is 0 Å². The van der Waals surface area contributed by atoms with Crippen molar-refractivity contribution in [1.29, 1.82) is 0 Å². The first-order valence-electron chi connectivity index (χ1n) is 11.9. The first-order valence-corrected chi connectivity index (χ1v) is 14.1. The van der Waals surface area contributed by atoms with E-state index in [2.05, 4.69) is 22.5 Å². The van der Waals surface area contributed by atoms with Gasteiger partial charge in [0, 0.05) is 50.8 Å². The average molecular weight is 551 g/mol. The summed E-state index contributed by atoms with van der Waals surface area (Å²) in [7, 11) is -3.80. The Hall–Kier alpha value is -2.14. The quantitative estimate of drug-likeness (QED) is 0.615. The van der Waals surface area contributed by atoms with Gasteiger partial charge >= 0.3 is 0 Å². The number of hydrogen-bond donors (Lipinski definition) is 1. The highest BCUT2D eigenvalue weighted by atomic mass is 35.5. The van der Waals surface area contributed by atoms with Crippen molar-refractivity contribution < 1.29 is 18.0 Å². The van der Waals surface area contributed by atoms with E-state index in [1.54, 1.807) is 6.07 Å². The van der Waals surface area contributed by atoms with E-state index in [-0.39, 0.29) is 28.9 Å². The van der Waals surface area contributed by atoms with E-state index < -0.39 is 15.6 Å². The number of nitrogens with one attached hydrogen (secondary N) is 1. The first-order chi connectivity index (χ1) is 17.3. The average Bonchev–Trinajstić information content (AvgIpc) is 3.29. The van der Waals surface area contributed by atoms with Gasteiger partial charge in [0.15, 0.2) is 0 Å². The maximum Gasteiger partial charge on any atom is 0.272 e. The fraction of sp³-hybridized carbons (Fsp3) is 0.400. The van der Waals surface area contributed by atoms with Gasteiger partial charge < -0.3 is 4.90 Å². The van der Waals surface area contributed by atoms with E-state index >= 15 is 0 Å². The lowest BCUT2D eigenvalue weighted by Gasteiger charge is -2.36. The molecule has 2 aromatic carbocycles. The molecule has 3 aliphatic heterocycles. The molecule has 0 atom stereocenters. The first kappa shape index (κ1) is 25.5.